The van der Waals surface area contributed by atoms with E-state index in [1.807, 2.05) is 24.8 Å². The van der Waals surface area contributed by atoms with Crippen LogP contribution in [0.5, 0.6) is 17.2 Å². The zero-order valence-electron chi connectivity index (χ0n) is 24.2. The first-order valence-electron chi connectivity index (χ1n) is 14.3. The molecule has 2 aliphatic heterocycles. The Balaban J connectivity index is 0.00000216. The second-order valence-corrected chi connectivity index (χ2v) is 9.88. The molecule has 0 aliphatic carbocycles. The molecule has 1 atom stereocenters. The van der Waals surface area contributed by atoms with Crippen LogP contribution in [0.4, 0.5) is 36.4 Å². The van der Waals surface area contributed by atoms with Crippen LogP contribution in [0.15, 0.2) is 66.7 Å². The number of hydrogen-bond acceptors (Lipinski definition) is 6. The van der Waals surface area contributed by atoms with Crippen LogP contribution < -0.4 is 24.4 Å². The lowest BCUT2D eigenvalue weighted by Crippen LogP contribution is -2.47. The van der Waals surface area contributed by atoms with Gasteiger partial charge >= 0.3 is 18.9 Å². The normalized spacial score (nSPS) is 17.3. The maximum Gasteiger partial charge on any atom is 0.573 e. The van der Waals surface area contributed by atoms with E-state index in [2.05, 4.69) is 19.7 Å². The number of alkyl halides is 7. The van der Waals surface area contributed by atoms with Crippen LogP contribution in [-0.4, -0.2) is 69.7 Å². The van der Waals surface area contributed by atoms with Gasteiger partial charge in [0.05, 0.1) is 11.7 Å². The van der Waals surface area contributed by atoms with Crippen molar-refractivity contribution in [1.29, 1.82) is 0 Å². The second kappa shape index (κ2) is 14.4. The summed E-state index contributed by atoms with van der Waals surface area (Å²) < 4.78 is 106. The van der Waals surface area contributed by atoms with Crippen molar-refractivity contribution in [2.75, 3.05) is 50.8 Å². The van der Waals surface area contributed by atoms with Gasteiger partial charge in [-0.1, -0.05) is 50.2 Å². The van der Waals surface area contributed by atoms with Gasteiger partial charge in [0.2, 0.25) is 0 Å². The number of rotatable bonds is 9. The minimum Gasteiger partial charge on any atom is -0.488 e. The SMILES string of the molecule is CC.FC(F)C(F)(F)Oc1cccc(C2COc3c(-c4cccc(OC(F)(F)F)c4)cccc3N2CCN2CCNCC2)c1. The third-order valence-corrected chi connectivity index (χ3v) is 7.06. The molecule has 0 radical (unpaired) electrons. The average Bonchev–Trinajstić information content (AvgIpc) is 3.00. The van der Waals surface area contributed by atoms with Crippen LogP contribution in [0.1, 0.15) is 25.5 Å². The molecule has 1 fully saturated rings. The van der Waals surface area contributed by atoms with Gasteiger partial charge in [0.25, 0.3) is 0 Å². The highest BCUT2D eigenvalue weighted by Crippen LogP contribution is 2.46. The lowest BCUT2D eigenvalue weighted by atomic mass is 9.98. The van der Waals surface area contributed by atoms with Crippen molar-refractivity contribution in [1.82, 2.24) is 10.2 Å². The highest BCUT2D eigenvalue weighted by atomic mass is 19.4. The fourth-order valence-electron chi connectivity index (χ4n) is 5.13. The molecule has 0 spiro atoms. The third-order valence-electron chi connectivity index (χ3n) is 7.06. The Labute approximate surface area is 251 Å². The molecule has 0 amide bonds. The molecule has 6 nitrogen and oxygen atoms in total. The molecule has 5 rings (SSSR count). The summed E-state index contributed by atoms with van der Waals surface area (Å²) >= 11 is 0. The third kappa shape index (κ3) is 8.26. The van der Waals surface area contributed by atoms with Crippen LogP contribution in [0.3, 0.4) is 0 Å². The first kappa shape index (κ1) is 33.2. The zero-order chi connectivity index (χ0) is 31.9. The molecule has 44 heavy (non-hydrogen) atoms. The van der Waals surface area contributed by atoms with Gasteiger partial charge in [-0.25, -0.2) is 0 Å². The molecule has 3 aromatic rings. The first-order valence-corrected chi connectivity index (χ1v) is 14.3. The summed E-state index contributed by atoms with van der Waals surface area (Å²) in [7, 11) is 0. The number of fused-ring (bicyclic) bond motifs is 1. The number of benzene rings is 3. The van der Waals surface area contributed by atoms with Gasteiger partial charge in [0.1, 0.15) is 18.1 Å². The monoisotopic (exact) mass is 629 g/mol. The van der Waals surface area contributed by atoms with E-state index in [1.165, 1.54) is 36.4 Å². The maximum atomic E-state index is 13.6. The van der Waals surface area contributed by atoms with Crippen LogP contribution >= 0.6 is 0 Å². The lowest BCUT2D eigenvalue weighted by molar-refractivity contribution is -0.274. The van der Waals surface area contributed by atoms with E-state index >= 15 is 0 Å². The molecule has 0 bridgehead atoms. The molecule has 0 aromatic heterocycles. The molecule has 0 saturated carbocycles. The molecule has 1 unspecified atom stereocenters. The molecule has 2 heterocycles. The number of para-hydroxylation sites is 1. The summed E-state index contributed by atoms with van der Waals surface area (Å²) in [6, 6.07) is 15.9. The summed E-state index contributed by atoms with van der Waals surface area (Å²) in [5.74, 6) is -0.352. The molecular formula is C31H34F7N3O3. The van der Waals surface area contributed by atoms with Crippen molar-refractivity contribution in [3.05, 3.63) is 72.3 Å². The van der Waals surface area contributed by atoms with Crippen LogP contribution in [-0.2, 0) is 0 Å². The summed E-state index contributed by atoms with van der Waals surface area (Å²) in [5.41, 5.74) is 2.14. The standard InChI is InChI=1S/C29H28F7N3O3.C2H6/c30-27(31)28(32,33)41-21-6-2-5-20(17-21)25-18-40-26-23(19-4-1-7-22(16-19)42-29(34,35)36)8-3-9-24(26)39(25)15-14-38-12-10-37-11-13-38;1-2/h1-9,16-17,25,27,37H,10-15,18H2;1-2H3. The lowest BCUT2D eigenvalue weighted by Gasteiger charge is -2.41. The number of piperazine rings is 1. The fourth-order valence-corrected chi connectivity index (χ4v) is 5.13. The number of halogens is 7. The molecule has 13 heteroatoms. The van der Waals surface area contributed by atoms with Crippen molar-refractivity contribution in [3.8, 4) is 28.4 Å². The van der Waals surface area contributed by atoms with Crippen molar-refractivity contribution < 1.29 is 44.9 Å². The van der Waals surface area contributed by atoms with Gasteiger partial charge < -0.3 is 24.4 Å². The number of hydrogen-bond donors (Lipinski definition) is 1. The fraction of sp³-hybridized carbons (Fsp3) is 0.419. The van der Waals surface area contributed by atoms with E-state index in [0.29, 0.717) is 41.2 Å². The van der Waals surface area contributed by atoms with Crippen molar-refractivity contribution in [2.24, 2.45) is 0 Å². The van der Waals surface area contributed by atoms with Crippen molar-refractivity contribution >= 4 is 5.69 Å². The average molecular weight is 630 g/mol. The van der Waals surface area contributed by atoms with Crippen LogP contribution in [0.2, 0.25) is 0 Å². The summed E-state index contributed by atoms with van der Waals surface area (Å²) in [6.45, 7) is 8.55. The predicted octanol–water partition coefficient (Wildman–Crippen LogP) is 7.36. The van der Waals surface area contributed by atoms with Gasteiger partial charge in [-0.3, -0.25) is 4.90 Å². The molecule has 3 aromatic carbocycles. The Morgan fingerprint density at radius 3 is 2.20 bits per heavy atom. The summed E-state index contributed by atoms with van der Waals surface area (Å²) in [4.78, 5) is 4.30. The minimum absolute atomic E-state index is 0.0546. The molecule has 1 N–H and O–H groups in total. The predicted molar refractivity (Wildman–Crippen MR) is 153 cm³/mol. The number of nitrogens with zero attached hydrogens (tertiary/aromatic N) is 2. The van der Waals surface area contributed by atoms with Gasteiger partial charge in [-0.05, 0) is 41.5 Å². The smallest absolute Gasteiger partial charge is 0.488 e. The second-order valence-electron chi connectivity index (χ2n) is 9.88. The number of anilines is 1. The zero-order valence-corrected chi connectivity index (χ0v) is 24.2. The number of nitrogens with one attached hydrogen (secondary N) is 1. The van der Waals surface area contributed by atoms with Crippen LogP contribution in [0.25, 0.3) is 11.1 Å². The Morgan fingerprint density at radius 2 is 1.52 bits per heavy atom. The van der Waals surface area contributed by atoms with Gasteiger partial charge in [-0.2, -0.15) is 17.6 Å². The Morgan fingerprint density at radius 1 is 0.864 bits per heavy atom. The van der Waals surface area contributed by atoms with Crippen molar-refractivity contribution in [3.63, 3.8) is 0 Å². The van der Waals surface area contributed by atoms with E-state index in [0.717, 1.165) is 26.2 Å². The highest BCUT2D eigenvalue weighted by molar-refractivity contribution is 5.80. The van der Waals surface area contributed by atoms with Crippen molar-refractivity contribution in [2.45, 2.75) is 38.8 Å². The van der Waals surface area contributed by atoms with Crippen LogP contribution in [0, 0.1) is 0 Å². The number of ether oxygens (including phenoxy) is 3. The quantitative estimate of drug-likeness (QED) is 0.250. The molecule has 1 saturated heterocycles. The summed E-state index contributed by atoms with van der Waals surface area (Å²) in [6.07, 6.45) is -13.5. The minimum atomic E-state index is -4.85. The topological polar surface area (TPSA) is 46.2 Å². The maximum absolute atomic E-state index is 13.6. The largest absolute Gasteiger partial charge is 0.573 e. The van der Waals surface area contributed by atoms with Gasteiger partial charge in [0.15, 0.2) is 5.75 Å². The Bertz CT molecular complexity index is 1370. The van der Waals surface area contributed by atoms with Gasteiger partial charge in [-0.15, -0.1) is 13.2 Å². The Hall–Kier alpha value is -3.71. The van der Waals surface area contributed by atoms with E-state index in [-0.39, 0.29) is 12.4 Å². The first-order chi connectivity index (χ1) is 21.0. The van der Waals surface area contributed by atoms with E-state index in [1.54, 1.807) is 24.3 Å². The van der Waals surface area contributed by atoms with E-state index < -0.39 is 30.7 Å². The molecular weight excluding hydrogens is 595 g/mol. The van der Waals surface area contributed by atoms with E-state index in [9.17, 15) is 30.7 Å². The van der Waals surface area contributed by atoms with Gasteiger partial charge in [0, 0.05) is 44.8 Å². The van der Waals surface area contributed by atoms with E-state index in [4.69, 9.17) is 4.74 Å². The molecule has 2 aliphatic rings. The molecule has 240 valence electrons. The summed E-state index contributed by atoms with van der Waals surface area (Å²) in [5, 5.41) is 3.30. The highest BCUT2D eigenvalue weighted by Gasteiger charge is 2.44. The Kier molecular flexibility index (Phi) is 10.8.